The van der Waals surface area contributed by atoms with Gasteiger partial charge in [0.15, 0.2) is 23.4 Å². The van der Waals surface area contributed by atoms with Crippen LogP contribution in [-0.4, -0.2) is 59.5 Å². The fourth-order valence-corrected chi connectivity index (χ4v) is 3.35. The molecule has 0 bridgehead atoms. The van der Waals surface area contributed by atoms with Crippen LogP contribution in [0.25, 0.3) is 0 Å². The molecule has 4 rings (SSSR count). The molecule has 1 unspecified atom stereocenters. The fourth-order valence-electron chi connectivity index (χ4n) is 3.35. The van der Waals surface area contributed by atoms with E-state index >= 15 is 0 Å². The number of aromatic nitrogens is 2. The van der Waals surface area contributed by atoms with E-state index in [1.807, 2.05) is 31.2 Å². The van der Waals surface area contributed by atoms with Crippen LogP contribution in [-0.2, 0) is 4.74 Å². The molecule has 150 valence electrons. The Bertz CT molecular complexity index is 826. The standard InChI is InChI=1S/C19H24N4O5/c1-12-9-23(10-17(26-12)18-21-13(2)22-28-18)19(24)20-8-7-14-11-25-15-5-3-4-6-16(15)27-14/h3-6,12,14,17H,7-11H2,1-2H3,(H,20,24)/t12-,14?,17-/m1/s1. The molecular formula is C19H24N4O5. The Morgan fingerprint density at radius 3 is 2.89 bits per heavy atom. The number of rotatable bonds is 4. The normalized spacial score (nSPS) is 24.1. The maximum Gasteiger partial charge on any atom is 0.317 e. The maximum atomic E-state index is 12.6. The molecule has 0 saturated carbocycles. The van der Waals surface area contributed by atoms with E-state index in [1.165, 1.54) is 0 Å². The van der Waals surface area contributed by atoms with Gasteiger partial charge in [-0.1, -0.05) is 17.3 Å². The summed E-state index contributed by atoms with van der Waals surface area (Å²) in [6, 6.07) is 7.44. The number of carbonyl (C=O) groups is 1. The minimum Gasteiger partial charge on any atom is -0.486 e. The van der Waals surface area contributed by atoms with Crippen molar-refractivity contribution in [2.24, 2.45) is 0 Å². The molecule has 1 saturated heterocycles. The van der Waals surface area contributed by atoms with E-state index < -0.39 is 6.10 Å². The van der Waals surface area contributed by atoms with Gasteiger partial charge in [-0.25, -0.2) is 4.79 Å². The summed E-state index contributed by atoms with van der Waals surface area (Å²) >= 11 is 0. The summed E-state index contributed by atoms with van der Waals surface area (Å²) in [5, 5.41) is 6.74. The SMILES string of the molecule is Cc1noc([C@H]2CN(C(=O)NCCC3COc4ccccc4O3)C[C@@H](C)O2)n1. The summed E-state index contributed by atoms with van der Waals surface area (Å²) in [6.07, 6.45) is 0.0326. The van der Waals surface area contributed by atoms with E-state index in [9.17, 15) is 4.79 Å². The average Bonchev–Trinajstić information content (AvgIpc) is 3.14. The van der Waals surface area contributed by atoms with E-state index in [4.69, 9.17) is 18.7 Å². The highest BCUT2D eigenvalue weighted by atomic mass is 16.6. The molecule has 3 heterocycles. The number of nitrogens with zero attached hydrogens (tertiary/aromatic N) is 3. The molecule has 0 spiro atoms. The van der Waals surface area contributed by atoms with Gasteiger partial charge in [-0.15, -0.1) is 0 Å². The highest BCUT2D eigenvalue weighted by Crippen LogP contribution is 2.31. The first kappa shape index (κ1) is 18.5. The first-order valence-electron chi connectivity index (χ1n) is 9.45. The fraction of sp³-hybridized carbons (Fsp3) is 0.526. The zero-order valence-corrected chi connectivity index (χ0v) is 16.0. The molecule has 2 aliphatic heterocycles. The predicted molar refractivity (Wildman–Crippen MR) is 98.3 cm³/mol. The van der Waals surface area contributed by atoms with Crippen molar-refractivity contribution in [1.29, 1.82) is 0 Å². The minimum atomic E-state index is -0.415. The number of urea groups is 1. The number of hydrogen-bond acceptors (Lipinski definition) is 7. The number of morpholine rings is 1. The topological polar surface area (TPSA) is 99.0 Å². The number of amides is 2. The Morgan fingerprint density at radius 2 is 2.11 bits per heavy atom. The van der Waals surface area contributed by atoms with Crippen molar-refractivity contribution in [2.45, 2.75) is 38.6 Å². The second-order valence-corrected chi connectivity index (χ2v) is 7.04. The van der Waals surface area contributed by atoms with Crippen LogP contribution in [0.5, 0.6) is 11.5 Å². The van der Waals surface area contributed by atoms with E-state index in [0.29, 0.717) is 44.4 Å². The Labute approximate surface area is 162 Å². The van der Waals surface area contributed by atoms with E-state index in [1.54, 1.807) is 11.8 Å². The maximum absolute atomic E-state index is 12.6. The van der Waals surface area contributed by atoms with Gasteiger partial charge in [0.1, 0.15) is 12.7 Å². The molecule has 1 aromatic heterocycles. The number of carbonyl (C=O) groups excluding carboxylic acids is 1. The van der Waals surface area contributed by atoms with Crippen LogP contribution in [0.2, 0.25) is 0 Å². The molecule has 1 fully saturated rings. The second-order valence-electron chi connectivity index (χ2n) is 7.04. The van der Waals surface area contributed by atoms with Crippen molar-refractivity contribution in [3.63, 3.8) is 0 Å². The molecule has 1 N–H and O–H groups in total. The van der Waals surface area contributed by atoms with Crippen LogP contribution in [0.3, 0.4) is 0 Å². The number of ether oxygens (including phenoxy) is 3. The molecule has 1 aromatic carbocycles. The molecular weight excluding hydrogens is 364 g/mol. The van der Waals surface area contributed by atoms with E-state index in [2.05, 4.69) is 15.5 Å². The quantitative estimate of drug-likeness (QED) is 0.856. The van der Waals surface area contributed by atoms with E-state index in [0.717, 1.165) is 11.5 Å². The van der Waals surface area contributed by atoms with Gasteiger partial charge in [0.2, 0.25) is 0 Å². The largest absolute Gasteiger partial charge is 0.486 e. The van der Waals surface area contributed by atoms with Crippen LogP contribution >= 0.6 is 0 Å². The van der Waals surface area contributed by atoms with E-state index in [-0.39, 0.29) is 18.2 Å². The second kappa shape index (κ2) is 8.05. The molecule has 0 radical (unpaired) electrons. The van der Waals surface area contributed by atoms with Crippen LogP contribution in [0.15, 0.2) is 28.8 Å². The molecule has 2 aliphatic rings. The average molecular weight is 388 g/mol. The van der Waals surface area contributed by atoms with Crippen molar-refractivity contribution in [3.05, 3.63) is 36.0 Å². The summed E-state index contributed by atoms with van der Waals surface area (Å²) in [6.45, 7) is 5.50. The van der Waals surface area contributed by atoms with Crippen molar-refractivity contribution in [3.8, 4) is 11.5 Å². The van der Waals surface area contributed by atoms with Crippen LogP contribution in [0.1, 0.15) is 31.2 Å². The third kappa shape index (κ3) is 4.19. The summed E-state index contributed by atoms with van der Waals surface area (Å²) in [5.74, 6) is 2.44. The first-order valence-corrected chi connectivity index (χ1v) is 9.45. The summed E-state index contributed by atoms with van der Waals surface area (Å²) < 4.78 is 22.7. The summed E-state index contributed by atoms with van der Waals surface area (Å²) in [5.41, 5.74) is 0. The van der Waals surface area contributed by atoms with Crippen molar-refractivity contribution >= 4 is 6.03 Å². The van der Waals surface area contributed by atoms with Crippen molar-refractivity contribution in [1.82, 2.24) is 20.4 Å². The van der Waals surface area contributed by atoms with Gasteiger partial charge < -0.3 is 29.0 Å². The predicted octanol–water partition coefficient (Wildman–Crippen LogP) is 2.08. The monoisotopic (exact) mass is 388 g/mol. The number of aryl methyl sites for hydroxylation is 1. The van der Waals surface area contributed by atoms with Gasteiger partial charge in [-0.3, -0.25) is 0 Å². The van der Waals surface area contributed by atoms with Gasteiger partial charge in [0.25, 0.3) is 5.89 Å². The lowest BCUT2D eigenvalue weighted by molar-refractivity contribution is -0.0782. The number of nitrogens with one attached hydrogen (secondary N) is 1. The zero-order valence-electron chi connectivity index (χ0n) is 16.0. The molecule has 3 atom stereocenters. The van der Waals surface area contributed by atoms with Gasteiger partial charge in [-0.2, -0.15) is 4.98 Å². The molecule has 9 heteroatoms. The third-order valence-electron chi connectivity index (χ3n) is 4.68. The lowest BCUT2D eigenvalue weighted by atomic mass is 10.2. The number of fused-ring (bicyclic) bond motifs is 1. The lowest BCUT2D eigenvalue weighted by Crippen LogP contribution is -2.50. The van der Waals surface area contributed by atoms with Crippen molar-refractivity contribution in [2.75, 3.05) is 26.2 Å². The van der Waals surface area contributed by atoms with Crippen LogP contribution < -0.4 is 14.8 Å². The Morgan fingerprint density at radius 1 is 1.29 bits per heavy atom. The van der Waals surface area contributed by atoms with Crippen molar-refractivity contribution < 1.29 is 23.5 Å². The third-order valence-corrected chi connectivity index (χ3v) is 4.68. The molecule has 2 aromatic rings. The molecule has 9 nitrogen and oxygen atoms in total. The lowest BCUT2D eigenvalue weighted by Gasteiger charge is -2.35. The highest BCUT2D eigenvalue weighted by molar-refractivity contribution is 5.74. The smallest absolute Gasteiger partial charge is 0.317 e. The number of benzene rings is 1. The van der Waals surface area contributed by atoms with Crippen LogP contribution in [0.4, 0.5) is 4.79 Å². The first-order chi connectivity index (χ1) is 13.6. The van der Waals surface area contributed by atoms with Gasteiger partial charge in [-0.05, 0) is 26.0 Å². The Hall–Kier alpha value is -2.81. The Kier molecular flexibility index (Phi) is 5.34. The van der Waals surface area contributed by atoms with Gasteiger partial charge in [0, 0.05) is 19.5 Å². The molecule has 2 amide bonds. The summed E-state index contributed by atoms with van der Waals surface area (Å²) in [4.78, 5) is 18.5. The van der Waals surface area contributed by atoms with Gasteiger partial charge in [0.05, 0.1) is 12.6 Å². The number of para-hydroxylation sites is 2. The Balaban J connectivity index is 1.26. The minimum absolute atomic E-state index is 0.0899. The zero-order chi connectivity index (χ0) is 19.5. The number of hydrogen-bond donors (Lipinski definition) is 1. The molecule has 28 heavy (non-hydrogen) atoms. The van der Waals surface area contributed by atoms with Gasteiger partial charge >= 0.3 is 6.03 Å². The molecule has 0 aliphatic carbocycles. The van der Waals surface area contributed by atoms with Crippen LogP contribution in [0, 0.1) is 6.92 Å². The summed E-state index contributed by atoms with van der Waals surface area (Å²) in [7, 11) is 0. The highest BCUT2D eigenvalue weighted by Gasteiger charge is 2.32.